The van der Waals surface area contributed by atoms with Gasteiger partial charge in [-0.15, -0.1) is 0 Å². The molecular formula is C26H34N2O4. The molecule has 2 aromatic rings. The van der Waals surface area contributed by atoms with E-state index in [1.807, 2.05) is 38.1 Å². The smallest absolute Gasteiger partial charge is 0.244 e. The van der Waals surface area contributed by atoms with Crippen LogP contribution in [-0.4, -0.2) is 24.4 Å². The predicted molar refractivity (Wildman–Crippen MR) is 126 cm³/mol. The summed E-state index contributed by atoms with van der Waals surface area (Å²) in [6.07, 6.45) is 9.03. The molecular weight excluding hydrogens is 404 g/mol. The largest absolute Gasteiger partial charge is 0.462 e. The molecule has 3 rings (SSSR count). The van der Waals surface area contributed by atoms with Crippen LogP contribution in [0.25, 0.3) is 12.2 Å². The predicted octanol–water partition coefficient (Wildman–Crippen LogP) is 5.03. The van der Waals surface area contributed by atoms with E-state index in [9.17, 15) is 9.59 Å². The molecule has 2 amide bonds. The molecule has 0 aliphatic heterocycles. The summed E-state index contributed by atoms with van der Waals surface area (Å²) >= 11 is 0. The quantitative estimate of drug-likeness (QED) is 0.594. The molecule has 1 aliphatic carbocycles. The first kappa shape index (κ1) is 23.6. The zero-order valence-electron chi connectivity index (χ0n) is 19.7. The number of nitrogens with one attached hydrogen (secondary N) is 2. The van der Waals surface area contributed by atoms with Gasteiger partial charge in [0.05, 0.1) is 0 Å². The van der Waals surface area contributed by atoms with Gasteiger partial charge in [-0.05, 0) is 80.4 Å². The van der Waals surface area contributed by atoms with Crippen LogP contribution in [0.3, 0.4) is 0 Å². The summed E-state index contributed by atoms with van der Waals surface area (Å²) in [6.45, 7) is 10.9. The van der Waals surface area contributed by atoms with Crippen molar-refractivity contribution in [2.45, 2.75) is 59.9 Å². The van der Waals surface area contributed by atoms with E-state index in [4.69, 9.17) is 8.83 Å². The highest BCUT2D eigenvalue weighted by Crippen LogP contribution is 2.45. The van der Waals surface area contributed by atoms with Crippen molar-refractivity contribution in [3.8, 4) is 0 Å². The summed E-state index contributed by atoms with van der Waals surface area (Å²) in [6, 6.07) is 7.44. The molecule has 6 heteroatoms. The fourth-order valence-corrected chi connectivity index (χ4v) is 4.88. The molecule has 0 saturated heterocycles. The van der Waals surface area contributed by atoms with E-state index in [-0.39, 0.29) is 28.7 Å². The lowest BCUT2D eigenvalue weighted by Crippen LogP contribution is -2.50. The molecule has 32 heavy (non-hydrogen) atoms. The van der Waals surface area contributed by atoms with Crippen molar-refractivity contribution in [3.63, 3.8) is 0 Å². The Balaban J connectivity index is 1.56. The summed E-state index contributed by atoms with van der Waals surface area (Å²) in [5, 5.41) is 6.16. The fraction of sp³-hybridized carbons (Fsp3) is 0.462. The van der Waals surface area contributed by atoms with Gasteiger partial charge in [0.1, 0.15) is 23.0 Å². The maximum absolute atomic E-state index is 12.5. The molecule has 0 radical (unpaired) electrons. The third-order valence-corrected chi connectivity index (χ3v) is 5.80. The Bertz CT molecular complexity index is 1010. The second-order valence-electron chi connectivity index (χ2n) is 10.0. The van der Waals surface area contributed by atoms with E-state index in [1.54, 1.807) is 12.2 Å². The van der Waals surface area contributed by atoms with Crippen molar-refractivity contribution in [1.29, 1.82) is 0 Å². The molecule has 2 heterocycles. The highest BCUT2D eigenvalue weighted by Gasteiger charge is 2.41. The molecule has 1 saturated carbocycles. The topological polar surface area (TPSA) is 84.5 Å². The second kappa shape index (κ2) is 9.63. The first-order valence-corrected chi connectivity index (χ1v) is 11.1. The maximum atomic E-state index is 12.5. The summed E-state index contributed by atoms with van der Waals surface area (Å²) < 4.78 is 10.9. The van der Waals surface area contributed by atoms with E-state index in [0.29, 0.717) is 18.1 Å². The molecule has 1 fully saturated rings. The van der Waals surface area contributed by atoms with Crippen molar-refractivity contribution in [2.24, 2.45) is 10.8 Å². The lowest BCUT2D eigenvalue weighted by molar-refractivity contribution is -0.119. The molecule has 172 valence electrons. The normalized spacial score (nSPS) is 23.0. The van der Waals surface area contributed by atoms with Crippen LogP contribution in [0, 0.1) is 24.7 Å². The first-order valence-electron chi connectivity index (χ1n) is 11.1. The second-order valence-corrected chi connectivity index (χ2v) is 10.0. The zero-order valence-corrected chi connectivity index (χ0v) is 19.7. The minimum absolute atomic E-state index is 0.0396. The van der Waals surface area contributed by atoms with E-state index in [2.05, 4.69) is 31.4 Å². The lowest BCUT2D eigenvalue weighted by atomic mass is 9.62. The minimum Gasteiger partial charge on any atom is -0.462 e. The Kier molecular flexibility index (Phi) is 7.12. The molecule has 0 unspecified atom stereocenters. The van der Waals surface area contributed by atoms with Crippen LogP contribution in [-0.2, 0) is 9.59 Å². The van der Waals surface area contributed by atoms with Gasteiger partial charge in [-0.25, -0.2) is 0 Å². The highest BCUT2D eigenvalue weighted by molar-refractivity contribution is 5.92. The standard InChI is InChI=1S/C26H34N2O4/c1-18-6-8-21(31-18)10-12-23(29)27-17-26(5)15-20(14-25(3,4)16-26)28-24(30)13-11-22-9-7-19(2)32-22/h6-13,20H,14-17H2,1-5H3,(H,27,29)(H,28,30)/b12-10+,13-11+/t20-,26+/m1/s1. The van der Waals surface area contributed by atoms with Gasteiger partial charge in [-0.3, -0.25) is 9.59 Å². The lowest BCUT2D eigenvalue weighted by Gasteiger charge is -2.46. The molecule has 1 aliphatic rings. The average Bonchev–Trinajstić information content (AvgIpc) is 3.29. The molecule has 0 bridgehead atoms. The van der Waals surface area contributed by atoms with Crippen LogP contribution in [0.4, 0.5) is 0 Å². The Hall–Kier alpha value is -3.02. The van der Waals surface area contributed by atoms with Gasteiger partial charge in [0.2, 0.25) is 11.8 Å². The number of carbonyl (C=O) groups is 2. The minimum atomic E-state index is -0.152. The number of carbonyl (C=O) groups excluding carboxylic acids is 2. The molecule has 0 aromatic carbocycles. The monoisotopic (exact) mass is 438 g/mol. The van der Waals surface area contributed by atoms with Crippen molar-refractivity contribution in [3.05, 3.63) is 59.5 Å². The first-order chi connectivity index (χ1) is 15.0. The zero-order chi connectivity index (χ0) is 23.4. The van der Waals surface area contributed by atoms with Gasteiger partial charge in [0.25, 0.3) is 0 Å². The molecule has 2 atom stereocenters. The van der Waals surface area contributed by atoms with Gasteiger partial charge in [-0.2, -0.15) is 0 Å². The van der Waals surface area contributed by atoms with Crippen LogP contribution in [0.15, 0.2) is 45.3 Å². The Morgan fingerprint density at radius 2 is 1.50 bits per heavy atom. The van der Waals surface area contributed by atoms with Gasteiger partial charge in [-0.1, -0.05) is 20.8 Å². The van der Waals surface area contributed by atoms with Gasteiger partial charge in [0, 0.05) is 24.7 Å². The van der Waals surface area contributed by atoms with Gasteiger partial charge < -0.3 is 19.5 Å². The number of hydrogen-bond acceptors (Lipinski definition) is 4. The third-order valence-electron chi connectivity index (χ3n) is 5.80. The van der Waals surface area contributed by atoms with Crippen LogP contribution >= 0.6 is 0 Å². The summed E-state index contributed by atoms with van der Waals surface area (Å²) in [5.41, 5.74) is -0.0641. The number of amides is 2. The van der Waals surface area contributed by atoms with E-state index >= 15 is 0 Å². The molecule has 2 aromatic heterocycles. The summed E-state index contributed by atoms with van der Waals surface area (Å²) in [7, 11) is 0. The highest BCUT2D eigenvalue weighted by atomic mass is 16.3. The molecule has 6 nitrogen and oxygen atoms in total. The number of aryl methyl sites for hydroxylation is 2. The maximum Gasteiger partial charge on any atom is 0.244 e. The Morgan fingerprint density at radius 1 is 0.938 bits per heavy atom. The van der Waals surface area contributed by atoms with E-state index < -0.39 is 0 Å². The van der Waals surface area contributed by atoms with Crippen LogP contribution in [0.5, 0.6) is 0 Å². The third kappa shape index (κ3) is 7.01. The van der Waals surface area contributed by atoms with Crippen molar-refractivity contribution < 1.29 is 18.4 Å². The average molecular weight is 439 g/mol. The number of hydrogen-bond donors (Lipinski definition) is 2. The summed E-state index contributed by atoms with van der Waals surface area (Å²) in [4.78, 5) is 24.8. The number of furan rings is 2. The van der Waals surface area contributed by atoms with Crippen molar-refractivity contribution in [2.75, 3.05) is 6.54 Å². The Labute approximate surface area is 190 Å². The summed E-state index contributed by atoms with van der Waals surface area (Å²) in [5.74, 6) is 2.65. The van der Waals surface area contributed by atoms with E-state index in [1.165, 1.54) is 12.2 Å². The van der Waals surface area contributed by atoms with Crippen LogP contribution in [0.2, 0.25) is 0 Å². The van der Waals surface area contributed by atoms with Crippen LogP contribution < -0.4 is 10.6 Å². The van der Waals surface area contributed by atoms with Crippen molar-refractivity contribution >= 4 is 24.0 Å². The van der Waals surface area contributed by atoms with Crippen molar-refractivity contribution in [1.82, 2.24) is 10.6 Å². The molecule has 2 N–H and O–H groups in total. The van der Waals surface area contributed by atoms with Gasteiger partial charge in [0.15, 0.2) is 0 Å². The number of rotatable bonds is 7. The van der Waals surface area contributed by atoms with Crippen LogP contribution in [0.1, 0.15) is 63.1 Å². The van der Waals surface area contributed by atoms with Gasteiger partial charge >= 0.3 is 0 Å². The fourth-order valence-electron chi connectivity index (χ4n) is 4.88. The Morgan fingerprint density at radius 3 is 2.03 bits per heavy atom. The van der Waals surface area contributed by atoms with E-state index in [0.717, 1.165) is 30.8 Å². The SMILES string of the molecule is Cc1ccc(/C=C/C(=O)NC[C@@]2(C)C[C@H](NC(=O)/C=C/c3ccc(C)o3)CC(C)(C)C2)o1. The molecule has 0 spiro atoms.